The number of hydrogen-bond donors (Lipinski definition) is 0. The minimum absolute atomic E-state index is 0.665. The number of ether oxygens (including phenoxy) is 3. The zero-order valence-corrected chi connectivity index (χ0v) is 19.1. The Morgan fingerprint density at radius 1 is 0.519 bits per heavy atom. The van der Waals surface area contributed by atoms with Gasteiger partial charge in [0.15, 0.2) is 0 Å². The molecule has 3 aromatic carbocycles. The van der Waals surface area contributed by atoms with E-state index >= 15 is 0 Å². The Labute approximate surface area is 178 Å². The molecule has 0 aliphatic rings. The number of rotatable bonds is 6. The summed E-state index contributed by atoms with van der Waals surface area (Å²) >= 11 is 1.75. The molecule has 0 amide bonds. The Morgan fingerprint density at radius 2 is 0.741 bits per heavy atom. The van der Waals surface area contributed by atoms with Crippen LogP contribution in [0.4, 0.5) is 0 Å². The quantitative estimate of drug-likeness (QED) is 0.322. The van der Waals surface area contributed by atoms with Gasteiger partial charge < -0.3 is 14.2 Å². The maximum absolute atomic E-state index is 5.30. The van der Waals surface area contributed by atoms with Crippen molar-refractivity contribution in [1.29, 1.82) is 0 Å². The van der Waals surface area contributed by atoms with E-state index < -0.39 is 7.92 Å². The monoisotopic (exact) mass is 584 g/mol. The summed E-state index contributed by atoms with van der Waals surface area (Å²) in [5, 5.41) is 3.81. The molecule has 0 aliphatic carbocycles. The van der Waals surface area contributed by atoms with Crippen LogP contribution in [-0.4, -0.2) is 21.3 Å². The second-order valence-electron chi connectivity index (χ2n) is 5.43. The molecule has 0 radical (unpaired) electrons. The molecule has 6 heteroatoms. The normalized spacial score (nSPS) is 10.0. The molecular weight excluding hydrogens is 564 g/mol. The zero-order chi connectivity index (χ0) is 19.6. The van der Waals surface area contributed by atoms with Crippen LogP contribution >= 0.6 is 17.1 Å². The molecule has 0 unspecified atom stereocenters. The van der Waals surface area contributed by atoms with E-state index in [9.17, 15) is 0 Å². The molecule has 0 atom stereocenters. The summed E-state index contributed by atoms with van der Waals surface area (Å²) in [6.07, 6.45) is 0. The zero-order valence-electron chi connectivity index (χ0n) is 15.3. The summed E-state index contributed by atoms with van der Waals surface area (Å²) < 4.78 is 15.9. The van der Waals surface area contributed by atoms with E-state index in [0.29, 0.717) is 0 Å². The first-order valence-electron chi connectivity index (χ1n) is 8.09. The summed E-state index contributed by atoms with van der Waals surface area (Å²) in [4.78, 5) is 0. The van der Waals surface area contributed by atoms with Crippen LogP contribution in [0.2, 0.25) is 0 Å². The summed E-state index contributed by atoms with van der Waals surface area (Å²) in [6.45, 7) is 0. The van der Waals surface area contributed by atoms with Crippen LogP contribution in [0.1, 0.15) is 0 Å². The molecule has 0 aromatic heterocycles. The van der Waals surface area contributed by atoms with Gasteiger partial charge in [-0.2, -0.15) is 0 Å². The van der Waals surface area contributed by atoms with Gasteiger partial charge in [-0.15, -0.1) is 0 Å². The first-order chi connectivity index (χ1) is 13.2. The van der Waals surface area contributed by atoms with Gasteiger partial charge in [0.25, 0.3) is 0 Å². The Morgan fingerprint density at radius 3 is 0.926 bits per heavy atom. The van der Waals surface area contributed by atoms with Gasteiger partial charge in [0.2, 0.25) is 0 Å². The first kappa shape index (κ1) is 21.8. The van der Waals surface area contributed by atoms with Crippen molar-refractivity contribution in [1.82, 2.24) is 0 Å². The van der Waals surface area contributed by atoms with E-state index in [-0.39, 0.29) is 0 Å². The van der Waals surface area contributed by atoms with Crippen molar-refractivity contribution in [2.24, 2.45) is 0 Å². The number of methoxy groups -OCH3 is 3. The third-order valence-corrected chi connectivity index (χ3v) is 6.44. The van der Waals surface area contributed by atoms with E-state index in [0.717, 1.165) is 17.2 Å². The van der Waals surface area contributed by atoms with Crippen molar-refractivity contribution in [2.45, 2.75) is 0 Å². The van der Waals surface area contributed by atoms with Gasteiger partial charge in [0.1, 0.15) is 17.2 Å². The van der Waals surface area contributed by atoms with Crippen molar-refractivity contribution in [2.75, 3.05) is 21.3 Å². The Bertz CT molecular complexity index is 695. The molecule has 27 heavy (non-hydrogen) atoms. The van der Waals surface area contributed by atoms with Crippen LogP contribution in [0.25, 0.3) is 0 Å². The van der Waals surface area contributed by atoms with Gasteiger partial charge in [-0.1, -0.05) is 36.4 Å². The fourth-order valence-electron chi connectivity index (χ4n) is 2.64. The summed E-state index contributed by atoms with van der Waals surface area (Å²) in [7, 11) is 8.97. The van der Waals surface area contributed by atoms with Crippen molar-refractivity contribution < 1.29 is 34.2 Å². The van der Waals surface area contributed by atoms with Crippen molar-refractivity contribution in [3.05, 3.63) is 72.8 Å². The summed E-state index contributed by atoms with van der Waals surface area (Å²) in [5.74, 6) is 2.59. The van der Waals surface area contributed by atoms with E-state index in [1.807, 2.05) is 36.4 Å². The topological polar surface area (TPSA) is 27.7 Å². The molecule has 0 bridgehead atoms. The molecule has 3 aromatic rings. The first-order valence-corrected chi connectivity index (χ1v) is 12.1. The summed E-state index contributed by atoms with van der Waals surface area (Å²) in [6, 6.07) is 24.9. The van der Waals surface area contributed by atoms with Gasteiger partial charge in [-0.05, 0) is 60.2 Å². The molecule has 0 saturated heterocycles. The second kappa shape index (κ2) is 11.4. The number of halogens is 1. The Hall–Kier alpha value is -1.48. The minimum atomic E-state index is -0.665. The van der Waals surface area contributed by atoms with Crippen LogP contribution in [0.5, 0.6) is 17.2 Å². The second-order valence-corrected chi connectivity index (χ2v) is 7.65. The number of hydrogen-bond acceptors (Lipinski definition) is 3. The van der Waals surface area contributed by atoms with Crippen LogP contribution < -0.4 is 30.1 Å². The fourth-order valence-corrected chi connectivity index (χ4v) is 4.88. The van der Waals surface area contributed by atoms with Crippen molar-refractivity contribution in [3.63, 3.8) is 0 Å². The van der Waals surface area contributed by atoms with Gasteiger partial charge in [-0.3, -0.25) is 0 Å². The molecular formula is C21H21AuClO3P. The molecule has 0 heterocycles. The van der Waals surface area contributed by atoms with Crippen molar-refractivity contribution >= 4 is 33.0 Å². The van der Waals surface area contributed by atoms with Gasteiger partial charge >= 0.3 is 29.2 Å². The van der Waals surface area contributed by atoms with Crippen molar-refractivity contribution in [3.8, 4) is 17.2 Å². The van der Waals surface area contributed by atoms with Gasteiger partial charge in [-0.25, -0.2) is 0 Å². The van der Waals surface area contributed by atoms with E-state index in [2.05, 4.69) is 45.6 Å². The molecule has 0 saturated carbocycles. The molecule has 0 spiro atoms. The van der Waals surface area contributed by atoms with Crippen LogP contribution in [0.15, 0.2) is 72.8 Å². The standard InChI is InChI=1S/C21H21O3P.Au.ClH/c1-22-16-4-10-19(11-5-16)25(20-12-6-17(23-2)7-13-20)21-14-8-18(24-3)9-15-21;;/h4-15H,1-3H3;;1H/q;+1;/p-1. The molecule has 0 N–H and O–H groups in total. The average molecular weight is 585 g/mol. The third-order valence-electron chi connectivity index (χ3n) is 3.99. The molecule has 0 aliphatic heterocycles. The Balaban J connectivity index is 0.00000126. The molecule has 3 rings (SSSR count). The molecule has 3 nitrogen and oxygen atoms in total. The van der Waals surface area contributed by atoms with E-state index in [1.54, 1.807) is 41.3 Å². The SMILES string of the molecule is COc1ccc(P(c2ccc(OC)cc2)c2ccc(OC)cc2)cc1.[Cl][Au]. The van der Waals surface area contributed by atoms with Crippen LogP contribution in [0.3, 0.4) is 0 Å². The average Bonchev–Trinajstić information content (AvgIpc) is 2.77. The molecule has 146 valence electrons. The summed E-state index contributed by atoms with van der Waals surface area (Å²) in [5.41, 5.74) is 0. The maximum atomic E-state index is 5.30. The van der Waals surface area contributed by atoms with E-state index in [4.69, 9.17) is 14.2 Å². The fraction of sp³-hybridized carbons (Fsp3) is 0.143. The van der Waals surface area contributed by atoms with E-state index in [1.165, 1.54) is 15.9 Å². The van der Waals surface area contributed by atoms with Gasteiger partial charge in [0, 0.05) is 0 Å². The van der Waals surface area contributed by atoms with Crippen LogP contribution in [0, 0.1) is 0 Å². The van der Waals surface area contributed by atoms with Crippen LogP contribution in [-0.2, 0) is 20.0 Å². The van der Waals surface area contributed by atoms with Gasteiger partial charge in [0.05, 0.1) is 21.3 Å². The number of benzene rings is 3. The Kier molecular flexibility index (Phi) is 9.20. The molecule has 0 fully saturated rings. The third kappa shape index (κ3) is 5.75. The predicted octanol–water partition coefficient (Wildman–Crippen LogP) is 4.16. The predicted molar refractivity (Wildman–Crippen MR) is 111 cm³/mol.